The van der Waals surface area contributed by atoms with Gasteiger partial charge in [-0.2, -0.15) is 4.31 Å². The summed E-state index contributed by atoms with van der Waals surface area (Å²) < 4.78 is 25.5. The Kier molecular flexibility index (Phi) is 4.47. The summed E-state index contributed by atoms with van der Waals surface area (Å²) in [5.41, 5.74) is 0. The minimum atomic E-state index is -3.32. The van der Waals surface area contributed by atoms with Crippen molar-refractivity contribution in [2.75, 3.05) is 12.3 Å². The number of aliphatic hydroxyl groups excluding tert-OH is 1. The molecule has 2 N–H and O–H groups in total. The van der Waals surface area contributed by atoms with Crippen molar-refractivity contribution in [3.8, 4) is 0 Å². The van der Waals surface area contributed by atoms with Crippen molar-refractivity contribution in [3.63, 3.8) is 0 Å². The van der Waals surface area contributed by atoms with Gasteiger partial charge >= 0.3 is 0 Å². The molecule has 0 aromatic carbocycles. The highest BCUT2D eigenvalue weighted by Crippen LogP contribution is 2.24. The van der Waals surface area contributed by atoms with Gasteiger partial charge in [-0.3, -0.25) is 4.79 Å². The number of amides is 1. The van der Waals surface area contributed by atoms with Crippen LogP contribution in [0.1, 0.15) is 39.0 Å². The number of aliphatic hydroxyl groups is 1. The molecule has 1 saturated heterocycles. The Balaban J connectivity index is 1.96. The fourth-order valence-corrected chi connectivity index (χ4v) is 4.46. The topological polar surface area (TPSA) is 86.7 Å². The second kappa shape index (κ2) is 5.76. The Morgan fingerprint density at radius 1 is 1.42 bits per heavy atom. The molecule has 19 heavy (non-hydrogen) atoms. The zero-order valence-corrected chi connectivity index (χ0v) is 12.0. The number of nitrogens with one attached hydrogen (secondary N) is 1. The molecule has 1 aliphatic carbocycles. The minimum absolute atomic E-state index is 0.00108. The predicted molar refractivity (Wildman–Crippen MR) is 71.0 cm³/mol. The largest absolute Gasteiger partial charge is 0.393 e. The smallest absolute Gasteiger partial charge is 0.238 e. The second-order valence-electron chi connectivity index (χ2n) is 5.42. The molecular weight excluding hydrogens is 268 g/mol. The van der Waals surface area contributed by atoms with Gasteiger partial charge < -0.3 is 10.4 Å². The fraction of sp³-hybridized carbons (Fsp3) is 0.917. The van der Waals surface area contributed by atoms with E-state index in [1.807, 2.05) is 6.92 Å². The van der Waals surface area contributed by atoms with Gasteiger partial charge in [0.2, 0.25) is 15.9 Å². The van der Waals surface area contributed by atoms with Crippen LogP contribution in [0.5, 0.6) is 0 Å². The molecule has 1 atom stereocenters. The Morgan fingerprint density at radius 3 is 2.68 bits per heavy atom. The number of hydrogen-bond donors (Lipinski definition) is 2. The van der Waals surface area contributed by atoms with Crippen LogP contribution in [0.2, 0.25) is 0 Å². The summed E-state index contributed by atoms with van der Waals surface area (Å²) in [5.74, 6) is -0.118. The molecule has 1 saturated carbocycles. The number of carbonyl (C=O) groups is 1. The van der Waals surface area contributed by atoms with E-state index in [4.69, 9.17) is 0 Å². The molecule has 0 aromatic heterocycles. The zero-order valence-electron chi connectivity index (χ0n) is 11.2. The van der Waals surface area contributed by atoms with Gasteiger partial charge in [-0.05, 0) is 32.1 Å². The van der Waals surface area contributed by atoms with E-state index >= 15 is 0 Å². The maximum atomic E-state index is 12.1. The Morgan fingerprint density at radius 2 is 2.11 bits per heavy atom. The van der Waals surface area contributed by atoms with Gasteiger partial charge in [0.1, 0.15) is 6.04 Å². The molecule has 2 rings (SSSR count). The van der Waals surface area contributed by atoms with Gasteiger partial charge in [0.15, 0.2) is 0 Å². The predicted octanol–water partition coefficient (Wildman–Crippen LogP) is -0.170. The molecule has 1 unspecified atom stereocenters. The van der Waals surface area contributed by atoms with Gasteiger partial charge in [-0.1, -0.05) is 6.92 Å². The van der Waals surface area contributed by atoms with Gasteiger partial charge in [0, 0.05) is 12.6 Å². The highest BCUT2D eigenvalue weighted by molar-refractivity contribution is 7.89. The molecule has 1 amide bonds. The third-order valence-corrected chi connectivity index (χ3v) is 5.86. The molecular formula is C12H22N2O4S. The fourth-order valence-electron chi connectivity index (χ4n) is 2.71. The van der Waals surface area contributed by atoms with E-state index in [1.54, 1.807) is 0 Å². The van der Waals surface area contributed by atoms with Crippen molar-refractivity contribution in [3.05, 3.63) is 0 Å². The van der Waals surface area contributed by atoms with Gasteiger partial charge in [-0.25, -0.2) is 8.42 Å². The monoisotopic (exact) mass is 290 g/mol. The second-order valence-corrected chi connectivity index (χ2v) is 7.46. The molecule has 110 valence electrons. The van der Waals surface area contributed by atoms with Crippen LogP contribution in [0, 0.1) is 0 Å². The maximum absolute atomic E-state index is 12.1. The maximum Gasteiger partial charge on any atom is 0.238 e. The third kappa shape index (κ3) is 3.27. The molecule has 6 nitrogen and oxygen atoms in total. The van der Waals surface area contributed by atoms with E-state index in [1.165, 1.54) is 4.31 Å². The van der Waals surface area contributed by atoms with E-state index in [2.05, 4.69) is 5.32 Å². The normalized spacial score (nSPS) is 32.0. The number of sulfonamides is 1. The van der Waals surface area contributed by atoms with E-state index in [0.29, 0.717) is 32.2 Å². The highest BCUT2D eigenvalue weighted by atomic mass is 32.2. The quantitative estimate of drug-likeness (QED) is 0.736. The SMILES string of the molecule is CCCS(=O)(=O)N1CCCC1C(=O)NC1CC(O)C1. The lowest BCUT2D eigenvalue weighted by Gasteiger charge is -2.33. The van der Waals surface area contributed by atoms with Crippen LogP contribution in [-0.4, -0.2) is 54.2 Å². The summed E-state index contributed by atoms with van der Waals surface area (Å²) in [6, 6.07) is -0.562. The summed E-state index contributed by atoms with van der Waals surface area (Å²) >= 11 is 0. The average Bonchev–Trinajstić information content (AvgIpc) is 2.76. The molecule has 0 aromatic rings. The first-order valence-electron chi connectivity index (χ1n) is 6.92. The lowest BCUT2D eigenvalue weighted by atomic mass is 9.89. The molecule has 0 radical (unpaired) electrons. The minimum Gasteiger partial charge on any atom is -0.393 e. The third-order valence-electron chi connectivity index (χ3n) is 3.79. The van der Waals surface area contributed by atoms with E-state index < -0.39 is 16.1 Å². The summed E-state index contributed by atoms with van der Waals surface area (Å²) in [6.45, 7) is 2.26. The molecule has 2 fully saturated rings. The van der Waals surface area contributed by atoms with E-state index in [-0.39, 0.29) is 23.8 Å². The first-order valence-corrected chi connectivity index (χ1v) is 8.53. The Labute approximate surface area is 114 Å². The molecule has 2 aliphatic rings. The number of hydrogen-bond acceptors (Lipinski definition) is 4. The van der Waals surface area contributed by atoms with Crippen LogP contribution >= 0.6 is 0 Å². The number of rotatable bonds is 5. The highest BCUT2D eigenvalue weighted by Gasteiger charge is 2.39. The summed E-state index contributed by atoms with van der Waals surface area (Å²) in [5, 5.41) is 12.0. The lowest BCUT2D eigenvalue weighted by molar-refractivity contribution is -0.126. The van der Waals surface area contributed by atoms with Crippen LogP contribution in [0.4, 0.5) is 0 Å². The first kappa shape index (κ1) is 14.7. The summed E-state index contributed by atoms with van der Waals surface area (Å²) in [7, 11) is -3.32. The van der Waals surface area contributed by atoms with Crippen LogP contribution in [0.15, 0.2) is 0 Å². The average molecular weight is 290 g/mol. The Hall–Kier alpha value is -0.660. The lowest BCUT2D eigenvalue weighted by Crippen LogP contribution is -2.53. The van der Waals surface area contributed by atoms with Gasteiger partial charge in [0.25, 0.3) is 0 Å². The summed E-state index contributed by atoms with van der Waals surface area (Å²) in [6.07, 6.45) is 2.69. The zero-order chi connectivity index (χ0) is 14.0. The van der Waals surface area contributed by atoms with Crippen LogP contribution in [0.25, 0.3) is 0 Å². The molecule has 0 bridgehead atoms. The van der Waals surface area contributed by atoms with Crippen molar-refractivity contribution in [2.45, 2.75) is 57.2 Å². The molecule has 1 heterocycles. The molecule has 7 heteroatoms. The number of carbonyl (C=O) groups excluding carboxylic acids is 1. The first-order chi connectivity index (χ1) is 8.94. The molecule has 0 spiro atoms. The van der Waals surface area contributed by atoms with Crippen molar-refractivity contribution in [2.24, 2.45) is 0 Å². The van der Waals surface area contributed by atoms with Crippen LogP contribution in [-0.2, 0) is 14.8 Å². The van der Waals surface area contributed by atoms with E-state index in [0.717, 1.165) is 6.42 Å². The van der Waals surface area contributed by atoms with Crippen molar-refractivity contribution in [1.29, 1.82) is 0 Å². The van der Waals surface area contributed by atoms with Gasteiger partial charge in [0.05, 0.1) is 11.9 Å². The van der Waals surface area contributed by atoms with E-state index in [9.17, 15) is 18.3 Å². The Bertz CT molecular complexity index is 431. The van der Waals surface area contributed by atoms with Crippen LogP contribution < -0.4 is 5.32 Å². The standard InChI is InChI=1S/C12H22N2O4S/c1-2-6-19(17,18)14-5-3-4-11(14)12(16)13-9-7-10(15)8-9/h9-11,15H,2-8H2,1H3,(H,13,16). The summed E-state index contributed by atoms with van der Waals surface area (Å²) in [4.78, 5) is 12.1. The van der Waals surface area contributed by atoms with Crippen LogP contribution in [0.3, 0.4) is 0 Å². The van der Waals surface area contributed by atoms with Crippen molar-refractivity contribution >= 4 is 15.9 Å². The van der Waals surface area contributed by atoms with Crippen molar-refractivity contribution in [1.82, 2.24) is 9.62 Å². The molecule has 1 aliphatic heterocycles. The number of nitrogens with zero attached hydrogens (tertiary/aromatic N) is 1. The van der Waals surface area contributed by atoms with Gasteiger partial charge in [-0.15, -0.1) is 0 Å². The van der Waals surface area contributed by atoms with Crippen molar-refractivity contribution < 1.29 is 18.3 Å².